The molecule has 2 rings (SSSR count). The normalized spacial score (nSPS) is 16.5. The Labute approximate surface area is 192 Å². The summed E-state index contributed by atoms with van der Waals surface area (Å²) in [5.41, 5.74) is 0.360. The van der Waals surface area contributed by atoms with Crippen LogP contribution in [0.4, 0.5) is 4.79 Å². The van der Waals surface area contributed by atoms with E-state index in [4.69, 9.17) is 8.92 Å². The smallest absolute Gasteiger partial charge is 0.410 e. The Hall–Kier alpha value is -2.13. The fourth-order valence-corrected chi connectivity index (χ4v) is 4.38. The van der Waals surface area contributed by atoms with E-state index in [2.05, 4.69) is 0 Å². The summed E-state index contributed by atoms with van der Waals surface area (Å²) in [6, 6.07) is 5.95. The van der Waals surface area contributed by atoms with E-state index in [0.29, 0.717) is 19.5 Å². The fraction of sp³-hybridized carbons (Fsp3) is 0.652. The van der Waals surface area contributed by atoms with Gasteiger partial charge in [0.05, 0.1) is 11.5 Å². The van der Waals surface area contributed by atoms with Crippen molar-refractivity contribution in [2.45, 2.75) is 70.4 Å². The lowest BCUT2D eigenvalue weighted by molar-refractivity contribution is -0.137. The first-order chi connectivity index (χ1) is 14.8. The standard InChI is InChI=1S/C23H36N2O6S/c1-17-7-9-20(10-8-17)32(28,29)30-16-13-19-11-14-25(15-12-19)21(26)18(2)24(6)22(27)31-23(3,4)5/h7-10,18-19H,11-16H2,1-6H3/t18-/m1/s1. The minimum atomic E-state index is -3.76. The Bertz CT molecular complexity index is 884. The molecule has 0 bridgehead atoms. The molecule has 1 aromatic rings. The predicted octanol–water partition coefficient (Wildman–Crippen LogP) is 3.58. The molecule has 0 radical (unpaired) electrons. The molecule has 0 N–H and O–H groups in total. The summed E-state index contributed by atoms with van der Waals surface area (Å²) < 4.78 is 35.1. The molecular weight excluding hydrogens is 432 g/mol. The van der Waals surface area contributed by atoms with Gasteiger partial charge < -0.3 is 9.64 Å². The van der Waals surface area contributed by atoms with E-state index < -0.39 is 27.9 Å². The molecule has 1 fully saturated rings. The van der Waals surface area contributed by atoms with E-state index in [-0.39, 0.29) is 23.3 Å². The lowest BCUT2D eigenvalue weighted by atomic mass is 9.93. The van der Waals surface area contributed by atoms with Crippen molar-refractivity contribution in [3.63, 3.8) is 0 Å². The third-order valence-corrected chi connectivity index (χ3v) is 6.95. The van der Waals surface area contributed by atoms with Gasteiger partial charge in [-0.15, -0.1) is 0 Å². The fourth-order valence-electron chi connectivity index (χ4n) is 3.46. The molecule has 0 saturated carbocycles. The maximum Gasteiger partial charge on any atom is 0.410 e. The largest absolute Gasteiger partial charge is 0.444 e. The summed E-state index contributed by atoms with van der Waals surface area (Å²) in [4.78, 5) is 28.3. The van der Waals surface area contributed by atoms with Crippen LogP contribution >= 0.6 is 0 Å². The van der Waals surface area contributed by atoms with Gasteiger partial charge in [-0.1, -0.05) is 17.7 Å². The number of piperidine rings is 1. The highest BCUT2D eigenvalue weighted by Gasteiger charge is 2.31. The van der Waals surface area contributed by atoms with Crippen molar-refractivity contribution in [2.24, 2.45) is 5.92 Å². The molecule has 0 aromatic heterocycles. The van der Waals surface area contributed by atoms with Gasteiger partial charge in [0.15, 0.2) is 0 Å². The minimum Gasteiger partial charge on any atom is -0.444 e. The molecule has 1 aromatic carbocycles. The number of benzene rings is 1. The molecule has 0 unspecified atom stereocenters. The number of ether oxygens (including phenoxy) is 1. The number of carbonyl (C=O) groups is 2. The monoisotopic (exact) mass is 468 g/mol. The first kappa shape index (κ1) is 26.1. The van der Waals surface area contributed by atoms with Crippen molar-refractivity contribution in [2.75, 3.05) is 26.7 Å². The molecule has 32 heavy (non-hydrogen) atoms. The van der Waals surface area contributed by atoms with Crippen LogP contribution in [-0.4, -0.2) is 68.6 Å². The molecular formula is C23H36N2O6S. The molecule has 0 spiro atoms. The minimum absolute atomic E-state index is 0.116. The Morgan fingerprint density at radius 3 is 2.25 bits per heavy atom. The number of aryl methyl sites for hydroxylation is 1. The summed E-state index contributed by atoms with van der Waals surface area (Å²) in [6.45, 7) is 10.2. The summed E-state index contributed by atoms with van der Waals surface area (Å²) in [7, 11) is -2.19. The molecule has 1 heterocycles. The van der Waals surface area contributed by atoms with Gasteiger partial charge in [-0.25, -0.2) is 4.79 Å². The number of nitrogens with zero attached hydrogens (tertiary/aromatic N) is 2. The van der Waals surface area contributed by atoms with Gasteiger partial charge in [-0.3, -0.25) is 13.9 Å². The van der Waals surface area contributed by atoms with Crippen LogP contribution in [0.15, 0.2) is 29.2 Å². The van der Waals surface area contributed by atoms with Crippen molar-refractivity contribution in [3.8, 4) is 0 Å². The Balaban J connectivity index is 1.78. The van der Waals surface area contributed by atoms with Crippen LogP contribution in [0.2, 0.25) is 0 Å². The van der Waals surface area contributed by atoms with Crippen LogP contribution in [0.1, 0.15) is 52.5 Å². The predicted molar refractivity (Wildman–Crippen MR) is 122 cm³/mol. The zero-order valence-corrected chi connectivity index (χ0v) is 20.8. The van der Waals surface area contributed by atoms with Gasteiger partial charge in [0.2, 0.25) is 5.91 Å². The second-order valence-electron chi connectivity index (χ2n) is 9.41. The summed E-state index contributed by atoms with van der Waals surface area (Å²) >= 11 is 0. The molecule has 1 aliphatic heterocycles. The van der Waals surface area contributed by atoms with E-state index in [0.717, 1.165) is 18.4 Å². The van der Waals surface area contributed by atoms with Crippen molar-refractivity contribution >= 4 is 22.1 Å². The quantitative estimate of drug-likeness (QED) is 0.568. The van der Waals surface area contributed by atoms with Crippen LogP contribution in [0.5, 0.6) is 0 Å². The van der Waals surface area contributed by atoms with Crippen LogP contribution in [0, 0.1) is 12.8 Å². The molecule has 0 aliphatic carbocycles. The lowest BCUT2D eigenvalue weighted by Gasteiger charge is -2.36. The number of amides is 2. The van der Waals surface area contributed by atoms with Crippen molar-refractivity contribution in [1.82, 2.24) is 9.80 Å². The highest BCUT2D eigenvalue weighted by atomic mass is 32.2. The molecule has 1 aliphatic rings. The van der Waals surface area contributed by atoms with Gasteiger partial charge in [0, 0.05) is 20.1 Å². The average Bonchev–Trinajstić information content (AvgIpc) is 2.71. The van der Waals surface area contributed by atoms with Crippen molar-refractivity contribution in [1.29, 1.82) is 0 Å². The molecule has 9 heteroatoms. The van der Waals surface area contributed by atoms with E-state index >= 15 is 0 Å². The number of likely N-dealkylation sites (tertiary alicyclic amines) is 1. The number of likely N-dealkylation sites (N-methyl/N-ethyl adjacent to an activating group) is 1. The van der Waals surface area contributed by atoms with Gasteiger partial charge in [-0.05, 0) is 71.9 Å². The second kappa shape index (κ2) is 10.7. The zero-order chi connectivity index (χ0) is 24.1. The highest BCUT2D eigenvalue weighted by molar-refractivity contribution is 7.86. The number of hydrogen-bond acceptors (Lipinski definition) is 6. The Morgan fingerprint density at radius 2 is 1.72 bits per heavy atom. The summed E-state index contributed by atoms with van der Waals surface area (Å²) in [5, 5.41) is 0. The molecule has 8 nitrogen and oxygen atoms in total. The first-order valence-corrected chi connectivity index (χ1v) is 12.4. The second-order valence-corrected chi connectivity index (χ2v) is 11.0. The highest BCUT2D eigenvalue weighted by Crippen LogP contribution is 2.23. The van der Waals surface area contributed by atoms with Crippen molar-refractivity contribution in [3.05, 3.63) is 29.8 Å². The van der Waals surface area contributed by atoms with Gasteiger partial charge in [0.25, 0.3) is 10.1 Å². The number of hydrogen-bond donors (Lipinski definition) is 0. The Morgan fingerprint density at radius 1 is 1.16 bits per heavy atom. The maximum absolute atomic E-state index is 12.8. The third kappa shape index (κ3) is 7.48. The number of carbonyl (C=O) groups excluding carboxylic acids is 2. The lowest BCUT2D eigenvalue weighted by Crippen LogP contribution is -2.50. The van der Waals surface area contributed by atoms with Gasteiger partial charge in [0.1, 0.15) is 11.6 Å². The SMILES string of the molecule is Cc1ccc(S(=O)(=O)OCCC2CCN(C(=O)[C@@H](C)N(C)C(=O)OC(C)(C)C)CC2)cc1. The van der Waals surface area contributed by atoms with E-state index in [1.807, 2.05) is 6.92 Å². The average molecular weight is 469 g/mol. The number of rotatable bonds is 7. The zero-order valence-electron chi connectivity index (χ0n) is 20.0. The van der Waals surface area contributed by atoms with E-state index in [1.54, 1.807) is 63.9 Å². The molecule has 1 saturated heterocycles. The van der Waals surface area contributed by atoms with E-state index in [1.165, 1.54) is 4.90 Å². The van der Waals surface area contributed by atoms with Crippen LogP contribution in [-0.2, 0) is 23.8 Å². The van der Waals surface area contributed by atoms with Gasteiger partial charge in [-0.2, -0.15) is 8.42 Å². The Kier molecular flexibility index (Phi) is 8.70. The van der Waals surface area contributed by atoms with Crippen molar-refractivity contribution < 1.29 is 26.9 Å². The molecule has 180 valence electrons. The van der Waals surface area contributed by atoms with E-state index in [9.17, 15) is 18.0 Å². The first-order valence-electron chi connectivity index (χ1n) is 11.0. The third-order valence-electron chi connectivity index (χ3n) is 5.62. The van der Waals surface area contributed by atoms with Crippen LogP contribution in [0.25, 0.3) is 0 Å². The maximum atomic E-state index is 12.8. The molecule has 1 atom stereocenters. The van der Waals surface area contributed by atoms with Crippen LogP contribution in [0.3, 0.4) is 0 Å². The summed E-state index contributed by atoms with van der Waals surface area (Å²) in [6.07, 6.45) is 1.62. The van der Waals surface area contributed by atoms with Gasteiger partial charge >= 0.3 is 6.09 Å². The van der Waals surface area contributed by atoms with Crippen LogP contribution < -0.4 is 0 Å². The molecule has 2 amide bonds. The summed E-state index contributed by atoms with van der Waals surface area (Å²) in [5.74, 6) is 0.168. The topological polar surface area (TPSA) is 93.2 Å².